The van der Waals surface area contributed by atoms with E-state index in [1.807, 2.05) is 24.3 Å². The van der Waals surface area contributed by atoms with Crippen molar-refractivity contribution >= 4 is 0 Å². The predicted molar refractivity (Wildman–Crippen MR) is 79.0 cm³/mol. The summed E-state index contributed by atoms with van der Waals surface area (Å²) in [5.74, 6) is 1.46. The van der Waals surface area contributed by atoms with Crippen molar-refractivity contribution in [1.29, 1.82) is 0 Å². The average molecular weight is 279 g/mol. The summed E-state index contributed by atoms with van der Waals surface area (Å²) in [6, 6.07) is 7.77. The van der Waals surface area contributed by atoms with Gasteiger partial charge >= 0.3 is 0 Å². The molecule has 20 heavy (non-hydrogen) atoms. The van der Waals surface area contributed by atoms with Gasteiger partial charge in [-0.05, 0) is 36.6 Å². The van der Waals surface area contributed by atoms with Crippen LogP contribution in [0.1, 0.15) is 31.7 Å². The highest BCUT2D eigenvalue weighted by molar-refractivity contribution is 5.31. The Morgan fingerprint density at radius 1 is 1.25 bits per heavy atom. The van der Waals surface area contributed by atoms with Crippen molar-refractivity contribution in [2.45, 2.75) is 44.4 Å². The minimum atomic E-state index is -0.708. The molecule has 0 heterocycles. The van der Waals surface area contributed by atoms with Crippen LogP contribution in [0.25, 0.3) is 0 Å². The van der Waals surface area contributed by atoms with E-state index in [2.05, 4.69) is 19.2 Å². The molecule has 1 aliphatic rings. The summed E-state index contributed by atoms with van der Waals surface area (Å²) in [5.41, 5.74) is 1.13. The second-order valence-corrected chi connectivity index (χ2v) is 6.00. The van der Waals surface area contributed by atoms with Gasteiger partial charge in [0.2, 0.25) is 0 Å². The van der Waals surface area contributed by atoms with E-state index in [1.165, 1.54) is 0 Å². The van der Waals surface area contributed by atoms with Crippen LogP contribution in [-0.2, 0) is 0 Å². The molecule has 4 atom stereocenters. The van der Waals surface area contributed by atoms with Crippen molar-refractivity contribution in [3.8, 4) is 5.75 Å². The quantitative estimate of drug-likeness (QED) is 0.765. The zero-order valence-electron chi connectivity index (χ0n) is 12.4. The van der Waals surface area contributed by atoms with Crippen molar-refractivity contribution in [2.24, 2.45) is 5.92 Å². The van der Waals surface area contributed by atoms with Gasteiger partial charge in [0.25, 0.3) is 0 Å². The maximum Gasteiger partial charge on any atom is 0.118 e. The van der Waals surface area contributed by atoms with Crippen LogP contribution in [0.5, 0.6) is 5.75 Å². The Morgan fingerprint density at radius 3 is 2.45 bits per heavy atom. The van der Waals surface area contributed by atoms with Crippen LogP contribution in [0, 0.1) is 5.92 Å². The smallest absolute Gasteiger partial charge is 0.118 e. The second-order valence-electron chi connectivity index (χ2n) is 6.00. The monoisotopic (exact) mass is 279 g/mol. The summed E-state index contributed by atoms with van der Waals surface area (Å²) in [4.78, 5) is 0. The summed E-state index contributed by atoms with van der Waals surface area (Å²) < 4.78 is 5.17. The number of aliphatic hydroxyl groups is 2. The molecule has 0 saturated heterocycles. The highest BCUT2D eigenvalue weighted by Gasteiger charge is 2.41. The zero-order chi connectivity index (χ0) is 14.7. The van der Waals surface area contributed by atoms with Gasteiger partial charge in [-0.25, -0.2) is 0 Å². The summed E-state index contributed by atoms with van der Waals surface area (Å²) in [6.45, 7) is 5.10. The molecular weight excluding hydrogens is 254 g/mol. The van der Waals surface area contributed by atoms with E-state index in [4.69, 9.17) is 4.74 Å². The first-order valence-electron chi connectivity index (χ1n) is 7.26. The highest BCUT2D eigenvalue weighted by Crippen LogP contribution is 2.36. The average Bonchev–Trinajstić information content (AvgIpc) is 2.72. The number of benzene rings is 1. The van der Waals surface area contributed by atoms with Gasteiger partial charge in [-0.1, -0.05) is 26.0 Å². The van der Waals surface area contributed by atoms with Gasteiger partial charge in [-0.3, -0.25) is 0 Å². The zero-order valence-corrected chi connectivity index (χ0v) is 12.4. The highest BCUT2D eigenvalue weighted by atomic mass is 16.5. The Balaban J connectivity index is 2.14. The SMILES string of the molecule is COc1ccc(C2CC(O)C(O)C2NCC(C)C)cc1. The van der Waals surface area contributed by atoms with Crippen molar-refractivity contribution in [1.82, 2.24) is 5.32 Å². The lowest BCUT2D eigenvalue weighted by atomic mass is 9.93. The van der Waals surface area contributed by atoms with Gasteiger partial charge < -0.3 is 20.3 Å². The number of aliphatic hydroxyl groups excluding tert-OH is 2. The first-order valence-corrected chi connectivity index (χ1v) is 7.26. The molecule has 0 spiro atoms. The van der Waals surface area contributed by atoms with Crippen LogP contribution >= 0.6 is 0 Å². The van der Waals surface area contributed by atoms with Crippen LogP contribution in [0.4, 0.5) is 0 Å². The summed E-state index contributed by atoms with van der Waals surface area (Å²) >= 11 is 0. The number of rotatable bonds is 5. The largest absolute Gasteiger partial charge is 0.497 e. The fraction of sp³-hybridized carbons (Fsp3) is 0.625. The lowest BCUT2D eigenvalue weighted by Crippen LogP contribution is -2.43. The van der Waals surface area contributed by atoms with Crippen LogP contribution in [-0.4, -0.2) is 42.1 Å². The van der Waals surface area contributed by atoms with E-state index in [9.17, 15) is 10.2 Å². The number of hydrogen-bond donors (Lipinski definition) is 3. The fourth-order valence-electron chi connectivity index (χ4n) is 2.85. The minimum absolute atomic E-state index is 0.0965. The molecule has 4 unspecified atom stereocenters. The fourth-order valence-corrected chi connectivity index (χ4v) is 2.85. The van der Waals surface area contributed by atoms with Crippen molar-refractivity contribution in [2.75, 3.05) is 13.7 Å². The van der Waals surface area contributed by atoms with Crippen LogP contribution in [0.2, 0.25) is 0 Å². The molecular formula is C16H25NO3. The van der Waals surface area contributed by atoms with Crippen LogP contribution in [0.15, 0.2) is 24.3 Å². The summed E-state index contributed by atoms with van der Waals surface area (Å²) in [5, 5.41) is 23.5. The van der Waals surface area contributed by atoms with Crippen LogP contribution < -0.4 is 10.1 Å². The Morgan fingerprint density at radius 2 is 1.90 bits per heavy atom. The third-order valence-electron chi connectivity index (χ3n) is 4.00. The van der Waals surface area contributed by atoms with Gasteiger partial charge in [-0.15, -0.1) is 0 Å². The Kier molecular flexibility index (Phi) is 5.02. The molecule has 112 valence electrons. The molecule has 4 nitrogen and oxygen atoms in total. The molecule has 1 saturated carbocycles. The van der Waals surface area contributed by atoms with E-state index in [1.54, 1.807) is 7.11 Å². The molecule has 0 bridgehead atoms. The lowest BCUT2D eigenvalue weighted by Gasteiger charge is -2.25. The molecule has 4 heteroatoms. The standard InChI is InChI=1S/C16H25NO3/c1-10(2)9-17-15-13(8-14(18)16(15)19)11-4-6-12(20-3)7-5-11/h4-7,10,13-19H,8-9H2,1-3H3. The van der Waals surface area contributed by atoms with Crippen molar-refractivity contribution in [3.05, 3.63) is 29.8 Å². The van der Waals surface area contributed by atoms with Gasteiger partial charge in [-0.2, -0.15) is 0 Å². The first-order chi connectivity index (χ1) is 9.52. The molecule has 1 fully saturated rings. The maximum absolute atomic E-state index is 10.2. The molecule has 1 aliphatic carbocycles. The van der Waals surface area contributed by atoms with Gasteiger partial charge in [0.05, 0.1) is 19.3 Å². The molecule has 0 radical (unpaired) electrons. The molecule has 1 aromatic rings. The molecule has 0 amide bonds. The molecule has 2 rings (SSSR count). The third-order valence-corrected chi connectivity index (χ3v) is 4.00. The number of methoxy groups -OCH3 is 1. The second kappa shape index (κ2) is 6.57. The van der Waals surface area contributed by atoms with Gasteiger partial charge in [0.15, 0.2) is 0 Å². The normalized spacial score (nSPS) is 29.9. The number of hydrogen-bond acceptors (Lipinski definition) is 4. The van der Waals surface area contributed by atoms with E-state index >= 15 is 0 Å². The topological polar surface area (TPSA) is 61.7 Å². The van der Waals surface area contributed by atoms with Crippen molar-refractivity contribution < 1.29 is 14.9 Å². The molecule has 3 N–H and O–H groups in total. The van der Waals surface area contributed by atoms with Gasteiger partial charge in [0.1, 0.15) is 5.75 Å². The lowest BCUT2D eigenvalue weighted by molar-refractivity contribution is 0.0296. The Labute approximate surface area is 120 Å². The minimum Gasteiger partial charge on any atom is -0.497 e. The van der Waals surface area contributed by atoms with E-state index < -0.39 is 12.2 Å². The summed E-state index contributed by atoms with van der Waals surface area (Å²) in [7, 11) is 1.64. The van der Waals surface area contributed by atoms with Crippen LogP contribution in [0.3, 0.4) is 0 Å². The van der Waals surface area contributed by atoms with Crippen molar-refractivity contribution in [3.63, 3.8) is 0 Å². The van der Waals surface area contributed by atoms with E-state index in [0.717, 1.165) is 17.9 Å². The number of nitrogens with one attached hydrogen (secondary N) is 1. The Bertz CT molecular complexity index is 418. The molecule has 0 aliphatic heterocycles. The molecule has 1 aromatic carbocycles. The third kappa shape index (κ3) is 3.32. The first kappa shape index (κ1) is 15.3. The summed E-state index contributed by atoms with van der Waals surface area (Å²) in [6.07, 6.45) is -0.781. The number of ether oxygens (including phenoxy) is 1. The van der Waals surface area contributed by atoms with Gasteiger partial charge in [0, 0.05) is 12.0 Å². The molecule has 0 aromatic heterocycles. The van der Waals surface area contributed by atoms with E-state index in [0.29, 0.717) is 12.3 Å². The predicted octanol–water partition coefficient (Wildman–Crippen LogP) is 1.52. The van der Waals surface area contributed by atoms with E-state index in [-0.39, 0.29) is 12.0 Å². The maximum atomic E-state index is 10.2. The Hall–Kier alpha value is -1.10.